The van der Waals surface area contributed by atoms with E-state index in [1.165, 1.54) is 5.56 Å². The maximum absolute atomic E-state index is 11.4. The number of piperidine rings is 1. The Hall–Kier alpha value is -1.55. The molecule has 4 nitrogen and oxygen atoms in total. The molecule has 0 spiro atoms. The summed E-state index contributed by atoms with van der Waals surface area (Å²) in [5.74, 6) is 0.675. The fraction of sp³-hybridized carbons (Fsp3) is 0.533. The first kappa shape index (κ1) is 13.9. The van der Waals surface area contributed by atoms with E-state index in [1.54, 1.807) is 7.11 Å². The van der Waals surface area contributed by atoms with Crippen molar-refractivity contribution in [3.8, 4) is 5.75 Å². The van der Waals surface area contributed by atoms with Crippen LogP contribution in [0.4, 0.5) is 0 Å². The van der Waals surface area contributed by atoms with E-state index in [4.69, 9.17) is 10.5 Å². The summed E-state index contributed by atoms with van der Waals surface area (Å²) >= 11 is 0. The number of carbonyl (C=O) groups is 1. The molecule has 1 fully saturated rings. The van der Waals surface area contributed by atoms with Crippen molar-refractivity contribution in [1.82, 2.24) is 5.32 Å². The van der Waals surface area contributed by atoms with E-state index in [9.17, 15) is 4.79 Å². The molecular weight excluding hydrogens is 240 g/mol. The van der Waals surface area contributed by atoms with Crippen molar-refractivity contribution in [3.63, 3.8) is 0 Å². The molecule has 1 heterocycles. The summed E-state index contributed by atoms with van der Waals surface area (Å²) < 4.78 is 5.14. The maximum atomic E-state index is 11.4. The standard InChI is InChI=1S/C15H22N2O2/c1-19-12-7-4-11(5-8-12)6-9-14-13(15(16)18)3-2-10-17-14/h4-5,7-8,13-14,17H,2-3,6,9-10H2,1H3,(H2,16,18). The van der Waals surface area contributed by atoms with Gasteiger partial charge in [0.15, 0.2) is 0 Å². The van der Waals surface area contributed by atoms with Gasteiger partial charge in [0.1, 0.15) is 5.75 Å². The minimum absolute atomic E-state index is 0.0213. The Bertz CT molecular complexity index is 417. The summed E-state index contributed by atoms with van der Waals surface area (Å²) in [7, 11) is 1.67. The van der Waals surface area contributed by atoms with E-state index in [-0.39, 0.29) is 17.9 Å². The van der Waals surface area contributed by atoms with Crippen molar-refractivity contribution in [3.05, 3.63) is 29.8 Å². The normalized spacial score (nSPS) is 23.0. The van der Waals surface area contributed by atoms with Crippen LogP contribution in [-0.4, -0.2) is 25.6 Å². The molecule has 2 rings (SSSR count). The Balaban J connectivity index is 1.90. The first-order valence-electron chi connectivity index (χ1n) is 6.86. The van der Waals surface area contributed by atoms with Crippen LogP contribution in [-0.2, 0) is 11.2 Å². The van der Waals surface area contributed by atoms with E-state index in [0.29, 0.717) is 0 Å². The molecule has 3 N–H and O–H groups in total. The van der Waals surface area contributed by atoms with Crippen LogP contribution in [0, 0.1) is 5.92 Å². The highest BCUT2D eigenvalue weighted by Gasteiger charge is 2.28. The lowest BCUT2D eigenvalue weighted by Crippen LogP contribution is -2.47. The number of hydrogen-bond donors (Lipinski definition) is 2. The Morgan fingerprint density at radius 2 is 2.16 bits per heavy atom. The zero-order valence-corrected chi connectivity index (χ0v) is 11.4. The second kappa shape index (κ2) is 6.57. The van der Waals surface area contributed by atoms with Gasteiger partial charge in [-0.15, -0.1) is 0 Å². The number of methoxy groups -OCH3 is 1. The van der Waals surface area contributed by atoms with Crippen molar-refractivity contribution in [2.75, 3.05) is 13.7 Å². The predicted molar refractivity (Wildman–Crippen MR) is 75.0 cm³/mol. The molecule has 0 bridgehead atoms. The quantitative estimate of drug-likeness (QED) is 0.845. The zero-order valence-electron chi connectivity index (χ0n) is 11.4. The fourth-order valence-electron chi connectivity index (χ4n) is 2.71. The number of carbonyl (C=O) groups excluding carboxylic acids is 1. The Morgan fingerprint density at radius 1 is 1.42 bits per heavy atom. The summed E-state index contributed by atoms with van der Waals surface area (Å²) in [5.41, 5.74) is 6.73. The van der Waals surface area contributed by atoms with E-state index >= 15 is 0 Å². The maximum Gasteiger partial charge on any atom is 0.222 e. The zero-order chi connectivity index (χ0) is 13.7. The summed E-state index contributed by atoms with van der Waals surface area (Å²) in [4.78, 5) is 11.4. The first-order chi connectivity index (χ1) is 9.20. The van der Waals surface area contributed by atoms with E-state index in [1.807, 2.05) is 12.1 Å². The van der Waals surface area contributed by atoms with Crippen molar-refractivity contribution in [2.45, 2.75) is 31.7 Å². The molecular formula is C15H22N2O2. The summed E-state index contributed by atoms with van der Waals surface area (Å²) in [5, 5.41) is 3.42. The highest BCUT2D eigenvalue weighted by molar-refractivity contribution is 5.77. The second-order valence-corrected chi connectivity index (χ2v) is 5.10. The average molecular weight is 262 g/mol. The van der Waals surface area contributed by atoms with Gasteiger partial charge in [0, 0.05) is 6.04 Å². The van der Waals surface area contributed by atoms with Gasteiger partial charge in [-0.3, -0.25) is 4.79 Å². The second-order valence-electron chi connectivity index (χ2n) is 5.10. The van der Waals surface area contributed by atoms with Gasteiger partial charge in [0.2, 0.25) is 5.91 Å². The number of aryl methyl sites for hydroxylation is 1. The van der Waals surface area contributed by atoms with Crippen molar-refractivity contribution in [2.24, 2.45) is 11.7 Å². The molecule has 1 aliphatic heterocycles. The summed E-state index contributed by atoms with van der Waals surface area (Å²) in [6.45, 7) is 0.983. The number of nitrogens with two attached hydrogens (primary N) is 1. The Kier molecular flexibility index (Phi) is 4.80. The SMILES string of the molecule is COc1ccc(CCC2NCCCC2C(N)=O)cc1. The van der Waals surface area contributed by atoms with Gasteiger partial charge in [-0.1, -0.05) is 12.1 Å². The number of primary amides is 1. The smallest absolute Gasteiger partial charge is 0.222 e. The third-order valence-corrected chi connectivity index (χ3v) is 3.85. The van der Waals surface area contributed by atoms with Crippen molar-refractivity contribution < 1.29 is 9.53 Å². The highest BCUT2D eigenvalue weighted by Crippen LogP contribution is 2.21. The molecule has 1 aliphatic rings. The van der Waals surface area contributed by atoms with Crippen molar-refractivity contribution in [1.29, 1.82) is 0 Å². The minimum Gasteiger partial charge on any atom is -0.497 e. The average Bonchev–Trinajstić information content (AvgIpc) is 2.46. The molecule has 1 saturated heterocycles. The van der Waals surface area contributed by atoms with Crippen LogP contribution in [0.1, 0.15) is 24.8 Å². The lowest BCUT2D eigenvalue weighted by atomic mass is 9.86. The van der Waals surface area contributed by atoms with E-state index in [0.717, 1.165) is 38.0 Å². The summed E-state index contributed by atoms with van der Waals surface area (Å²) in [6.07, 6.45) is 3.84. The molecule has 0 aromatic heterocycles. The Morgan fingerprint density at radius 3 is 2.79 bits per heavy atom. The van der Waals surface area contributed by atoms with Gasteiger partial charge in [0.25, 0.3) is 0 Å². The molecule has 2 atom stereocenters. The third kappa shape index (κ3) is 3.70. The van der Waals surface area contributed by atoms with Crippen LogP contribution < -0.4 is 15.8 Å². The van der Waals surface area contributed by atoms with Gasteiger partial charge in [-0.2, -0.15) is 0 Å². The van der Waals surface area contributed by atoms with E-state index in [2.05, 4.69) is 17.4 Å². The van der Waals surface area contributed by atoms with Gasteiger partial charge in [-0.05, 0) is 49.9 Å². The van der Waals surface area contributed by atoms with Crippen LogP contribution >= 0.6 is 0 Å². The predicted octanol–water partition coefficient (Wildman–Crippen LogP) is 1.48. The van der Waals surface area contributed by atoms with Gasteiger partial charge in [0.05, 0.1) is 13.0 Å². The number of benzene rings is 1. The molecule has 1 aromatic rings. The van der Waals surface area contributed by atoms with Gasteiger partial charge >= 0.3 is 0 Å². The molecule has 104 valence electrons. The minimum atomic E-state index is -0.174. The molecule has 4 heteroatoms. The molecule has 0 saturated carbocycles. The van der Waals surface area contributed by atoms with Crippen LogP contribution in [0.2, 0.25) is 0 Å². The highest BCUT2D eigenvalue weighted by atomic mass is 16.5. The molecule has 19 heavy (non-hydrogen) atoms. The molecule has 0 radical (unpaired) electrons. The first-order valence-corrected chi connectivity index (χ1v) is 6.86. The lowest BCUT2D eigenvalue weighted by Gasteiger charge is -2.30. The molecule has 1 amide bonds. The molecule has 2 unspecified atom stereocenters. The monoisotopic (exact) mass is 262 g/mol. The molecule has 0 aliphatic carbocycles. The fourth-order valence-corrected chi connectivity index (χ4v) is 2.71. The number of ether oxygens (including phenoxy) is 1. The number of rotatable bonds is 5. The lowest BCUT2D eigenvalue weighted by molar-refractivity contribution is -0.123. The number of amides is 1. The van der Waals surface area contributed by atoms with Crippen molar-refractivity contribution >= 4 is 5.91 Å². The van der Waals surface area contributed by atoms with Crippen LogP contribution in [0.25, 0.3) is 0 Å². The van der Waals surface area contributed by atoms with E-state index < -0.39 is 0 Å². The van der Waals surface area contributed by atoms with Crippen LogP contribution in [0.3, 0.4) is 0 Å². The van der Waals surface area contributed by atoms with Gasteiger partial charge in [-0.25, -0.2) is 0 Å². The van der Waals surface area contributed by atoms with Gasteiger partial charge < -0.3 is 15.8 Å². The Labute approximate surface area is 114 Å². The van der Waals surface area contributed by atoms with Crippen LogP contribution in [0.5, 0.6) is 5.75 Å². The third-order valence-electron chi connectivity index (χ3n) is 3.85. The topological polar surface area (TPSA) is 64.3 Å². The van der Waals surface area contributed by atoms with Crippen LogP contribution in [0.15, 0.2) is 24.3 Å². The number of hydrogen-bond acceptors (Lipinski definition) is 3. The molecule has 1 aromatic carbocycles. The summed E-state index contributed by atoms with van der Waals surface area (Å²) in [6, 6.07) is 8.29. The number of nitrogens with one attached hydrogen (secondary N) is 1. The largest absolute Gasteiger partial charge is 0.497 e.